The van der Waals surface area contributed by atoms with E-state index in [0.29, 0.717) is 19.5 Å². The largest absolute Gasteiger partial charge is 0.395 e. The molecule has 0 radical (unpaired) electrons. The minimum Gasteiger partial charge on any atom is -0.395 e. The Hall–Kier alpha value is -0.650. The third kappa shape index (κ3) is 4.15. The summed E-state index contributed by atoms with van der Waals surface area (Å²) in [6.07, 6.45) is 1.34. The lowest BCUT2D eigenvalue weighted by atomic mass is 10.2. The molecule has 1 saturated heterocycles. The van der Waals surface area contributed by atoms with Gasteiger partial charge in [0.2, 0.25) is 5.91 Å². The van der Waals surface area contributed by atoms with Gasteiger partial charge in [-0.3, -0.25) is 9.69 Å². The maximum absolute atomic E-state index is 11.6. The van der Waals surface area contributed by atoms with Gasteiger partial charge in [-0.25, -0.2) is 0 Å². The van der Waals surface area contributed by atoms with Crippen molar-refractivity contribution in [2.24, 2.45) is 5.73 Å². The fraction of sp³-hybridized carbons (Fsp3) is 0.900. The Labute approximate surface area is 90.8 Å². The van der Waals surface area contributed by atoms with E-state index in [1.807, 2.05) is 4.90 Å². The van der Waals surface area contributed by atoms with Crippen LogP contribution in [-0.4, -0.2) is 66.7 Å². The molecule has 0 atom stereocenters. The maximum Gasteiger partial charge on any atom is 0.222 e. The van der Waals surface area contributed by atoms with Crippen LogP contribution in [0.5, 0.6) is 0 Å². The van der Waals surface area contributed by atoms with Crippen LogP contribution in [0.25, 0.3) is 0 Å². The van der Waals surface area contributed by atoms with Gasteiger partial charge in [0, 0.05) is 39.1 Å². The second kappa shape index (κ2) is 6.76. The van der Waals surface area contributed by atoms with E-state index in [1.165, 1.54) is 0 Å². The van der Waals surface area contributed by atoms with Gasteiger partial charge in [0.1, 0.15) is 0 Å². The van der Waals surface area contributed by atoms with Gasteiger partial charge in [-0.15, -0.1) is 0 Å². The average Bonchev–Trinajstić information content (AvgIpc) is 2.27. The lowest BCUT2D eigenvalue weighted by Crippen LogP contribution is -2.49. The first-order chi connectivity index (χ1) is 7.27. The van der Waals surface area contributed by atoms with Crippen molar-refractivity contribution in [2.45, 2.75) is 12.8 Å². The molecule has 0 aromatic carbocycles. The van der Waals surface area contributed by atoms with Gasteiger partial charge >= 0.3 is 0 Å². The Bertz CT molecular complexity index is 191. The average molecular weight is 215 g/mol. The van der Waals surface area contributed by atoms with Crippen molar-refractivity contribution in [1.29, 1.82) is 0 Å². The van der Waals surface area contributed by atoms with E-state index < -0.39 is 0 Å². The molecule has 0 aliphatic carbocycles. The van der Waals surface area contributed by atoms with E-state index in [1.54, 1.807) is 0 Å². The van der Waals surface area contributed by atoms with Gasteiger partial charge in [0.05, 0.1) is 6.61 Å². The number of β-amino-alcohol motifs (C(OH)–C–C–N with tert-alkyl or cyclic N) is 1. The number of carbonyl (C=O) groups is 1. The second-order valence-corrected chi connectivity index (χ2v) is 3.84. The molecule has 0 unspecified atom stereocenters. The third-order valence-electron chi connectivity index (χ3n) is 2.74. The maximum atomic E-state index is 11.6. The Kier molecular flexibility index (Phi) is 5.60. The molecule has 0 spiro atoms. The van der Waals surface area contributed by atoms with E-state index in [0.717, 1.165) is 32.6 Å². The van der Waals surface area contributed by atoms with Crippen molar-refractivity contribution >= 4 is 5.91 Å². The molecule has 0 aromatic rings. The van der Waals surface area contributed by atoms with Crippen LogP contribution < -0.4 is 5.73 Å². The second-order valence-electron chi connectivity index (χ2n) is 3.84. The first-order valence-electron chi connectivity index (χ1n) is 5.59. The number of amides is 1. The van der Waals surface area contributed by atoms with Crippen molar-refractivity contribution in [3.05, 3.63) is 0 Å². The quantitative estimate of drug-likeness (QED) is 0.608. The number of rotatable bonds is 5. The SMILES string of the molecule is NCCCC(=O)N1CCN(CCO)CC1. The molecule has 88 valence electrons. The van der Waals surface area contributed by atoms with Crippen LogP contribution in [0.2, 0.25) is 0 Å². The molecule has 15 heavy (non-hydrogen) atoms. The minimum absolute atomic E-state index is 0.196. The Morgan fingerprint density at radius 1 is 1.27 bits per heavy atom. The lowest BCUT2D eigenvalue weighted by Gasteiger charge is -2.34. The molecule has 1 amide bonds. The lowest BCUT2D eigenvalue weighted by molar-refractivity contribution is -0.133. The predicted molar refractivity (Wildman–Crippen MR) is 58.4 cm³/mol. The monoisotopic (exact) mass is 215 g/mol. The Balaban J connectivity index is 2.21. The summed E-state index contributed by atoms with van der Waals surface area (Å²) in [5.41, 5.74) is 5.36. The van der Waals surface area contributed by atoms with Crippen LogP contribution in [0.15, 0.2) is 0 Å². The summed E-state index contributed by atoms with van der Waals surface area (Å²) in [4.78, 5) is 15.7. The van der Waals surface area contributed by atoms with E-state index in [9.17, 15) is 4.79 Å². The zero-order valence-electron chi connectivity index (χ0n) is 9.19. The third-order valence-corrected chi connectivity index (χ3v) is 2.74. The summed E-state index contributed by atoms with van der Waals surface area (Å²) < 4.78 is 0. The molecule has 1 aliphatic rings. The molecule has 1 rings (SSSR count). The fourth-order valence-corrected chi connectivity index (χ4v) is 1.77. The van der Waals surface area contributed by atoms with Gasteiger partial charge in [0.25, 0.3) is 0 Å². The number of nitrogens with zero attached hydrogens (tertiary/aromatic N) is 2. The summed E-state index contributed by atoms with van der Waals surface area (Å²) in [6.45, 7) is 4.79. The van der Waals surface area contributed by atoms with Crippen molar-refractivity contribution in [3.63, 3.8) is 0 Å². The van der Waals surface area contributed by atoms with Crippen molar-refractivity contribution in [3.8, 4) is 0 Å². The number of nitrogens with two attached hydrogens (primary N) is 1. The van der Waals surface area contributed by atoms with Gasteiger partial charge in [-0.1, -0.05) is 0 Å². The number of aliphatic hydroxyl groups excluding tert-OH is 1. The highest BCUT2D eigenvalue weighted by atomic mass is 16.3. The van der Waals surface area contributed by atoms with E-state index in [2.05, 4.69) is 4.90 Å². The zero-order valence-corrected chi connectivity index (χ0v) is 9.19. The topological polar surface area (TPSA) is 69.8 Å². The van der Waals surface area contributed by atoms with Crippen molar-refractivity contribution < 1.29 is 9.90 Å². The number of piperazine rings is 1. The summed E-state index contributed by atoms with van der Waals surface area (Å²) >= 11 is 0. The number of hydrogen-bond donors (Lipinski definition) is 2. The van der Waals surface area contributed by atoms with Crippen LogP contribution in [0, 0.1) is 0 Å². The standard InChI is InChI=1S/C10H21N3O2/c11-3-1-2-10(15)13-6-4-12(5-7-13)8-9-14/h14H,1-9,11H2. The molecule has 3 N–H and O–H groups in total. The molecule has 5 nitrogen and oxygen atoms in total. The first kappa shape index (κ1) is 12.4. The van der Waals surface area contributed by atoms with E-state index >= 15 is 0 Å². The van der Waals surface area contributed by atoms with Gasteiger partial charge < -0.3 is 15.7 Å². The van der Waals surface area contributed by atoms with E-state index in [-0.39, 0.29) is 12.5 Å². The molecule has 1 aliphatic heterocycles. The fourth-order valence-electron chi connectivity index (χ4n) is 1.77. The van der Waals surface area contributed by atoms with Crippen LogP contribution >= 0.6 is 0 Å². The molecular weight excluding hydrogens is 194 g/mol. The highest BCUT2D eigenvalue weighted by molar-refractivity contribution is 5.76. The smallest absolute Gasteiger partial charge is 0.222 e. The van der Waals surface area contributed by atoms with E-state index in [4.69, 9.17) is 10.8 Å². The minimum atomic E-state index is 0.196. The molecule has 0 saturated carbocycles. The number of carbonyl (C=O) groups excluding carboxylic acids is 1. The predicted octanol–water partition coefficient (Wildman–Crippen LogP) is -1.14. The Morgan fingerprint density at radius 2 is 1.93 bits per heavy atom. The van der Waals surface area contributed by atoms with Crippen LogP contribution in [0.1, 0.15) is 12.8 Å². The highest BCUT2D eigenvalue weighted by Gasteiger charge is 2.19. The molecule has 1 heterocycles. The molecule has 0 bridgehead atoms. The molecule has 0 aromatic heterocycles. The van der Waals surface area contributed by atoms with Crippen LogP contribution in [0.4, 0.5) is 0 Å². The number of aliphatic hydroxyl groups is 1. The number of hydrogen-bond acceptors (Lipinski definition) is 4. The molecule has 5 heteroatoms. The zero-order chi connectivity index (χ0) is 11.1. The summed E-state index contributed by atoms with van der Waals surface area (Å²) in [5.74, 6) is 0.212. The van der Waals surface area contributed by atoms with Crippen molar-refractivity contribution in [1.82, 2.24) is 9.80 Å². The summed E-state index contributed by atoms with van der Waals surface area (Å²) in [6, 6.07) is 0. The highest BCUT2D eigenvalue weighted by Crippen LogP contribution is 2.04. The summed E-state index contributed by atoms with van der Waals surface area (Å²) in [5, 5.41) is 8.77. The van der Waals surface area contributed by atoms with Crippen molar-refractivity contribution in [2.75, 3.05) is 45.9 Å². The normalized spacial score (nSPS) is 18.1. The first-order valence-corrected chi connectivity index (χ1v) is 5.59. The molecule has 1 fully saturated rings. The van der Waals surface area contributed by atoms with Crippen LogP contribution in [-0.2, 0) is 4.79 Å². The van der Waals surface area contributed by atoms with Gasteiger partial charge in [0.15, 0.2) is 0 Å². The Morgan fingerprint density at radius 3 is 2.47 bits per heavy atom. The van der Waals surface area contributed by atoms with Gasteiger partial charge in [-0.2, -0.15) is 0 Å². The molecular formula is C10H21N3O2. The van der Waals surface area contributed by atoms with Gasteiger partial charge in [-0.05, 0) is 13.0 Å². The van der Waals surface area contributed by atoms with Crippen LogP contribution in [0.3, 0.4) is 0 Å². The summed E-state index contributed by atoms with van der Waals surface area (Å²) in [7, 11) is 0.